The molecule has 0 atom stereocenters. The number of nitrogens with zero attached hydrogens (tertiary/aromatic N) is 2. The van der Waals surface area contributed by atoms with E-state index in [1.54, 1.807) is 43.3 Å². The number of aromatic amines is 1. The van der Waals surface area contributed by atoms with Gasteiger partial charge in [0.15, 0.2) is 0 Å². The average Bonchev–Trinajstić information content (AvgIpc) is 2.95. The number of urea groups is 1. The third-order valence-electron chi connectivity index (χ3n) is 6.50. The average molecular weight is 528 g/mol. The van der Waals surface area contributed by atoms with Crippen LogP contribution >= 0.6 is 0 Å². The van der Waals surface area contributed by atoms with E-state index in [1.165, 1.54) is 0 Å². The predicted octanol–water partition coefficient (Wildman–Crippen LogP) is 4.31. The Balaban J connectivity index is 1.28. The van der Waals surface area contributed by atoms with Gasteiger partial charge in [0.05, 0.1) is 13.7 Å². The summed E-state index contributed by atoms with van der Waals surface area (Å²) in [5, 5.41) is 7.42. The second kappa shape index (κ2) is 12.6. The number of rotatable bonds is 10. The van der Waals surface area contributed by atoms with Gasteiger partial charge in [-0.1, -0.05) is 36.4 Å². The Bertz CT molecular complexity index is 1520. The van der Waals surface area contributed by atoms with Gasteiger partial charge in [0.25, 0.3) is 5.56 Å². The van der Waals surface area contributed by atoms with Gasteiger partial charge in [-0.2, -0.15) is 0 Å². The highest BCUT2D eigenvalue weighted by molar-refractivity contribution is 5.89. The minimum atomic E-state index is -0.218. The van der Waals surface area contributed by atoms with E-state index in [-0.39, 0.29) is 24.0 Å². The van der Waals surface area contributed by atoms with E-state index in [0.29, 0.717) is 36.3 Å². The first-order valence-corrected chi connectivity index (χ1v) is 12.7. The topological polar surface area (TPSA) is 107 Å². The molecule has 3 amide bonds. The summed E-state index contributed by atoms with van der Waals surface area (Å²) >= 11 is 0. The molecular formula is C30H33N5O4. The van der Waals surface area contributed by atoms with Crippen LogP contribution in [0.15, 0.2) is 83.8 Å². The van der Waals surface area contributed by atoms with Gasteiger partial charge in [0, 0.05) is 50.1 Å². The minimum Gasteiger partial charge on any atom is -0.496 e. The number of methoxy groups -OCH3 is 1. The molecule has 4 rings (SSSR count). The van der Waals surface area contributed by atoms with Crippen LogP contribution in [0, 0.1) is 0 Å². The number of ether oxygens (including phenoxy) is 1. The Morgan fingerprint density at radius 3 is 2.56 bits per heavy atom. The number of nitrogens with one attached hydrogen (secondary N) is 3. The van der Waals surface area contributed by atoms with Crippen molar-refractivity contribution in [2.45, 2.75) is 13.0 Å². The largest absolute Gasteiger partial charge is 0.496 e. The standard InChI is InChI=1S/C30H33N5O4/c1-34(16-14-23-8-4-5-10-27(23)39-3)30(38)33-25-9-6-7-21(17-25)20-35(2)28(36)19-32-24-12-11-22-13-15-31-29(37)26(22)18-24/h4-13,15,17-18,32H,14,16,19-20H2,1-3H3,(H,31,37)(H,33,38). The number of hydrogen-bond acceptors (Lipinski definition) is 5. The molecule has 3 N–H and O–H groups in total. The van der Waals surface area contributed by atoms with Crippen LogP contribution < -0.4 is 20.9 Å². The van der Waals surface area contributed by atoms with Crippen LogP contribution in [-0.4, -0.2) is 61.0 Å². The lowest BCUT2D eigenvalue weighted by molar-refractivity contribution is -0.128. The van der Waals surface area contributed by atoms with E-state index < -0.39 is 0 Å². The zero-order chi connectivity index (χ0) is 27.8. The first-order valence-electron chi connectivity index (χ1n) is 12.7. The highest BCUT2D eigenvalue weighted by atomic mass is 16.5. The summed E-state index contributed by atoms with van der Waals surface area (Å²) in [5.74, 6) is 0.697. The van der Waals surface area contributed by atoms with Crippen molar-refractivity contribution in [1.29, 1.82) is 0 Å². The van der Waals surface area contributed by atoms with Crippen molar-refractivity contribution < 1.29 is 14.3 Å². The molecule has 0 saturated carbocycles. The molecule has 0 unspecified atom stereocenters. The fourth-order valence-corrected chi connectivity index (χ4v) is 4.23. The fraction of sp³-hybridized carbons (Fsp3) is 0.233. The van der Waals surface area contributed by atoms with Gasteiger partial charge >= 0.3 is 6.03 Å². The lowest BCUT2D eigenvalue weighted by Gasteiger charge is -2.20. The molecule has 0 radical (unpaired) electrons. The van der Waals surface area contributed by atoms with Crippen molar-refractivity contribution in [2.24, 2.45) is 0 Å². The van der Waals surface area contributed by atoms with Gasteiger partial charge in [0.1, 0.15) is 5.75 Å². The number of likely N-dealkylation sites (N-methyl/N-ethyl adjacent to an activating group) is 2. The quantitative estimate of drug-likeness (QED) is 0.285. The van der Waals surface area contributed by atoms with Gasteiger partial charge in [-0.15, -0.1) is 0 Å². The highest BCUT2D eigenvalue weighted by Gasteiger charge is 2.13. The van der Waals surface area contributed by atoms with Crippen LogP contribution in [-0.2, 0) is 17.8 Å². The summed E-state index contributed by atoms with van der Waals surface area (Å²) in [6.07, 6.45) is 2.28. The number of hydrogen-bond donors (Lipinski definition) is 3. The molecule has 4 aromatic rings. The molecule has 9 nitrogen and oxygen atoms in total. The second-order valence-corrected chi connectivity index (χ2v) is 9.33. The molecule has 0 spiro atoms. The van der Waals surface area contributed by atoms with E-state index in [2.05, 4.69) is 15.6 Å². The van der Waals surface area contributed by atoms with Crippen LogP contribution in [0.3, 0.4) is 0 Å². The van der Waals surface area contributed by atoms with E-state index >= 15 is 0 Å². The van der Waals surface area contributed by atoms with E-state index in [1.807, 2.05) is 66.7 Å². The van der Waals surface area contributed by atoms with Crippen molar-refractivity contribution in [3.8, 4) is 5.75 Å². The number of amides is 3. The predicted molar refractivity (Wildman–Crippen MR) is 154 cm³/mol. The maximum atomic E-state index is 12.7. The number of carbonyl (C=O) groups is 2. The summed E-state index contributed by atoms with van der Waals surface area (Å²) in [6.45, 7) is 0.993. The molecule has 1 aromatic heterocycles. The first-order chi connectivity index (χ1) is 18.8. The third kappa shape index (κ3) is 7.16. The summed E-state index contributed by atoms with van der Waals surface area (Å²) in [4.78, 5) is 43.4. The zero-order valence-corrected chi connectivity index (χ0v) is 22.4. The molecule has 0 aliphatic carbocycles. The smallest absolute Gasteiger partial charge is 0.321 e. The van der Waals surface area contributed by atoms with E-state index in [9.17, 15) is 14.4 Å². The van der Waals surface area contributed by atoms with Gasteiger partial charge in [-0.25, -0.2) is 4.79 Å². The maximum absolute atomic E-state index is 12.7. The summed E-state index contributed by atoms with van der Waals surface area (Å²) in [7, 11) is 5.11. The number of fused-ring (bicyclic) bond motifs is 1. The number of benzene rings is 3. The monoisotopic (exact) mass is 527 g/mol. The number of H-pyrrole nitrogens is 1. The van der Waals surface area contributed by atoms with Crippen LogP contribution in [0.5, 0.6) is 5.75 Å². The molecule has 1 heterocycles. The Kier molecular flexibility index (Phi) is 8.83. The van der Waals surface area contributed by atoms with Gasteiger partial charge in [0.2, 0.25) is 5.91 Å². The third-order valence-corrected chi connectivity index (χ3v) is 6.50. The Labute approximate surface area is 227 Å². The number of para-hydroxylation sites is 1. The maximum Gasteiger partial charge on any atom is 0.321 e. The van der Waals surface area contributed by atoms with Crippen molar-refractivity contribution >= 4 is 34.1 Å². The number of anilines is 2. The van der Waals surface area contributed by atoms with Crippen LogP contribution in [0.25, 0.3) is 10.8 Å². The molecule has 0 aliphatic rings. The SMILES string of the molecule is COc1ccccc1CCN(C)C(=O)Nc1cccc(CN(C)C(=O)CNc2ccc3cc[nH]c(=O)c3c2)c1. The summed E-state index contributed by atoms with van der Waals surface area (Å²) in [6, 6.07) is 22.2. The minimum absolute atomic E-state index is 0.0835. The number of pyridine rings is 1. The molecule has 9 heteroatoms. The molecule has 0 bridgehead atoms. The molecule has 202 valence electrons. The number of aromatic nitrogens is 1. The molecule has 0 aliphatic heterocycles. The van der Waals surface area contributed by atoms with Crippen LogP contribution in [0.2, 0.25) is 0 Å². The van der Waals surface area contributed by atoms with Crippen LogP contribution in [0.4, 0.5) is 16.2 Å². The molecule has 0 saturated heterocycles. The van der Waals surface area contributed by atoms with Crippen molar-refractivity contribution in [1.82, 2.24) is 14.8 Å². The molecule has 0 fully saturated rings. The van der Waals surface area contributed by atoms with E-state index in [4.69, 9.17) is 4.74 Å². The van der Waals surface area contributed by atoms with Gasteiger partial charge in [-0.3, -0.25) is 9.59 Å². The lowest BCUT2D eigenvalue weighted by Crippen LogP contribution is -2.33. The van der Waals surface area contributed by atoms with Gasteiger partial charge in [-0.05, 0) is 59.3 Å². The van der Waals surface area contributed by atoms with Crippen molar-refractivity contribution in [3.05, 3.63) is 100 Å². The second-order valence-electron chi connectivity index (χ2n) is 9.33. The molecule has 3 aromatic carbocycles. The van der Waals surface area contributed by atoms with Crippen LogP contribution in [0.1, 0.15) is 11.1 Å². The Hall–Kier alpha value is -4.79. The van der Waals surface area contributed by atoms with Crippen molar-refractivity contribution in [3.63, 3.8) is 0 Å². The summed E-state index contributed by atoms with van der Waals surface area (Å²) in [5.41, 5.74) is 3.10. The zero-order valence-electron chi connectivity index (χ0n) is 22.4. The Morgan fingerprint density at radius 2 is 1.74 bits per heavy atom. The normalized spacial score (nSPS) is 10.6. The fourth-order valence-electron chi connectivity index (χ4n) is 4.23. The van der Waals surface area contributed by atoms with Gasteiger partial charge < -0.3 is 30.2 Å². The molecular weight excluding hydrogens is 494 g/mol. The first kappa shape index (κ1) is 27.3. The summed E-state index contributed by atoms with van der Waals surface area (Å²) < 4.78 is 5.39. The molecule has 39 heavy (non-hydrogen) atoms. The van der Waals surface area contributed by atoms with E-state index in [0.717, 1.165) is 22.3 Å². The lowest BCUT2D eigenvalue weighted by atomic mass is 10.1. The highest BCUT2D eigenvalue weighted by Crippen LogP contribution is 2.19. The van der Waals surface area contributed by atoms with Crippen molar-refractivity contribution in [2.75, 3.05) is 44.9 Å². The number of carbonyl (C=O) groups excluding carboxylic acids is 2. The Morgan fingerprint density at radius 1 is 0.923 bits per heavy atom.